The Labute approximate surface area is 126 Å². The maximum atomic E-state index is 14.4. The number of phenolic OH excluding ortho intramolecular Hbond substituents is 1. The fraction of sp³-hybridized carbons (Fsp3) is 0.294. The molecule has 22 heavy (non-hydrogen) atoms. The summed E-state index contributed by atoms with van der Waals surface area (Å²) in [7, 11) is 0. The van der Waals surface area contributed by atoms with E-state index in [1.807, 2.05) is 0 Å². The van der Waals surface area contributed by atoms with E-state index in [4.69, 9.17) is 9.15 Å². The number of unbranched alkanes of at least 4 members (excludes halogenated alkanes) is 2. The summed E-state index contributed by atoms with van der Waals surface area (Å²) in [6.07, 6.45) is 2.91. The highest BCUT2D eigenvalue weighted by atomic mass is 19.1. The van der Waals surface area contributed by atoms with Gasteiger partial charge < -0.3 is 14.3 Å². The Morgan fingerprint density at radius 3 is 2.41 bits per heavy atom. The molecule has 3 rings (SSSR count). The van der Waals surface area contributed by atoms with Crippen molar-refractivity contribution in [3.8, 4) is 11.5 Å². The van der Waals surface area contributed by atoms with Crippen LogP contribution in [0.25, 0.3) is 21.9 Å². The van der Waals surface area contributed by atoms with Gasteiger partial charge in [-0.25, -0.2) is 0 Å². The third-order valence-corrected chi connectivity index (χ3v) is 3.64. The molecule has 2 aromatic carbocycles. The van der Waals surface area contributed by atoms with Gasteiger partial charge in [-0.05, 0) is 30.7 Å². The summed E-state index contributed by atoms with van der Waals surface area (Å²) in [6.45, 7) is 2.50. The number of phenols is 1. The molecule has 0 unspecified atom stereocenters. The van der Waals surface area contributed by atoms with Crippen molar-refractivity contribution < 1.29 is 23.0 Å². The topological polar surface area (TPSA) is 42.6 Å². The molecule has 0 aliphatic carbocycles. The number of halogens is 2. The zero-order valence-corrected chi connectivity index (χ0v) is 12.2. The quantitative estimate of drug-likeness (QED) is 0.664. The van der Waals surface area contributed by atoms with Gasteiger partial charge >= 0.3 is 0 Å². The molecule has 5 heteroatoms. The zero-order chi connectivity index (χ0) is 15.7. The normalized spacial score (nSPS) is 11.4. The molecule has 0 amide bonds. The summed E-state index contributed by atoms with van der Waals surface area (Å²) in [5.41, 5.74) is -0.218. The van der Waals surface area contributed by atoms with Crippen LogP contribution in [0.15, 0.2) is 28.7 Å². The van der Waals surface area contributed by atoms with Gasteiger partial charge in [0.1, 0.15) is 0 Å². The van der Waals surface area contributed by atoms with E-state index in [0.717, 1.165) is 19.3 Å². The molecule has 0 radical (unpaired) electrons. The second-order valence-electron chi connectivity index (χ2n) is 5.19. The van der Waals surface area contributed by atoms with E-state index in [1.165, 1.54) is 18.2 Å². The average molecular weight is 306 g/mol. The fourth-order valence-corrected chi connectivity index (χ4v) is 2.46. The largest absolute Gasteiger partial charge is 0.505 e. The molecule has 0 aliphatic rings. The molecule has 116 valence electrons. The average Bonchev–Trinajstić information content (AvgIpc) is 2.90. The van der Waals surface area contributed by atoms with Crippen LogP contribution in [0.4, 0.5) is 8.78 Å². The lowest BCUT2D eigenvalue weighted by Gasteiger charge is -2.06. The second kappa shape index (κ2) is 5.83. The Hall–Kier alpha value is -2.30. The lowest BCUT2D eigenvalue weighted by atomic mass is 10.1. The highest BCUT2D eigenvalue weighted by Crippen LogP contribution is 2.37. The summed E-state index contributed by atoms with van der Waals surface area (Å²) in [6, 6.07) is 5.87. The number of fused-ring (bicyclic) bond motifs is 3. The molecule has 0 spiro atoms. The van der Waals surface area contributed by atoms with Crippen LogP contribution >= 0.6 is 0 Å². The van der Waals surface area contributed by atoms with Crippen LogP contribution < -0.4 is 4.74 Å². The van der Waals surface area contributed by atoms with Gasteiger partial charge in [-0.2, -0.15) is 8.78 Å². The third kappa shape index (κ3) is 2.36. The highest BCUT2D eigenvalue weighted by molar-refractivity contribution is 6.06. The molecule has 0 fully saturated rings. The summed E-state index contributed by atoms with van der Waals surface area (Å²) in [5.74, 6) is -1.97. The molecule has 1 aromatic heterocycles. The van der Waals surface area contributed by atoms with Crippen molar-refractivity contribution in [1.29, 1.82) is 0 Å². The standard InChI is InChI=1S/C17H16F2O3/c1-2-3-4-9-21-13-8-6-11-10-5-7-12(20)14(18)16(10)22-17(11)15(13)19/h5-8,20H,2-4,9H2,1H3. The van der Waals surface area contributed by atoms with Crippen LogP contribution in [0.2, 0.25) is 0 Å². The predicted octanol–water partition coefficient (Wildman–Crippen LogP) is 5.14. The van der Waals surface area contributed by atoms with Gasteiger partial charge in [-0.1, -0.05) is 19.8 Å². The van der Waals surface area contributed by atoms with Crippen molar-refractivity contribution in [1.82, 2.24) is 0 Å². The van der Waals surface area contributed by atoms with Crippen molar-refractivity contribution in [2.24, 2.45) is 0 Å². The van der Waals surface area contributed by atoms with Gasteiger partial charge in [0, 0.05) is 10.8 Å². The molecular weight excluding hydrogens is 290 g/mol. The summed E-state index contributed by atoms with van der Waals surface area (Å²) >= 11 is 0. The molecule has 0 atom stereocenters. The molecular formula is C17H16F2O3. The highest BCUT2D eigenvalue weighted by Gasteiger charge is 2.19. The Bertz CT molecular complexity index is 824. The first-order valence-corrected chi connectivity index (χ1v) is 7.28. The number of benzene rings is 2. The van der Waals surface area contributed by atoms with Crippen LogP contribution in [-0.4, -0.2) is 11.7 Å². The zero-order valence-electron chi connectivity index (χ0n) is 12.2. The lowest BCUT2D eigenvalue weighted by Crippen LogP contribution is -1.99. The number of furan rings is 1. The molecule has 0 saturated heterocycles. The number of ether oxygens (including phenoxy) is 1. The maximum absolute atomic E-state index is 14.4. The Kier molecular flexibility index (Phi) is 3.88. The van der Waals surface area contributed by atoms with Crippen molar-refractivity contribution >= 4 is 21.9 Å². The number of aromatic hydroxyl groups is 1. The van der Waals surface area contributed by atoms with E-state index < -0.39 is 17.4 Å². The van der Waals surface area contributed by atoms with Crippen LogP contribution in [-0.2, 0) is 0 Å². The summed E-state index contributed by atoms with van der Waals surface area (Å²) < 4.78 is 39.0. The Balaban J connectivity index is 2.03. The van der Waals surface area contributed by atoms with Crippen LogP contribution in [0.5, 0.6) is 11.5 Å². The van der Waals surface area contributed by atoms with Crippen molar-refractivity contribution in [2.75, 3.05) is 6.61 Å². The molecule has 3 nitrogen and oxygen atoms in total. The summed E-state index contributed by atoms with van der Waals surface area (Å²) in [4.78, 5) is 0. The van der Waals surface area contributed by atoms with Gasteiger partial charge in [0.25, 0.3) is 0 Å². The van der Waals surface area contributed by atoms with E-state index in [0.29, 0.717) is 17.4 Å². The molecule has 0 saturated carbocycles. The maximum Gasteiger partial charge on any atom is 0.208 e. The Morgan fingerprint density at radius 1 is 1.00 bits per heavy atom. The van der Waals surface area contributed by atoms with E-state index in [1.54, 1.807) is 6.07 Å². The molecule has 1 heterocycles. The predicted molar refractivity (Wildman–Crippen MR) is 80.3 cm³/mol. The minimum Gasteiger partial charge on any atom is -0.505 e. The number of hydrogen-bond acceptors (Lipinski definition) is 3. The van der Waals surface area contributed by atoms with Crippen molar-refractivity contribution in [3.63, 3.8) is 0 Å². The monoisotopic (exact) mass is 306 g/mol. The van der Waals surface area contributed by atoms with Gasteiger partial charge in [-0.3, -0.25) is 0 Å². The molecule has 0 aliphatic heterocycles. The summed E-state index contributed by atoms with van der Waals surface area (Å²) in [5, 5.41) is 10.2. The first kappa shape index (κ1) is 14.6. The lowest BCUT2D eigenvalue weighted by molar-refractivity contribution is 0.291. The first-order valence-electron chi connectivity index (χ1n) is 7.28. The molecule has 1 N–H and O–H groups in total. The number of rotatable bonds is 5. The van der Waals surface area contributed by atoms with E-state index in [2.05, 4.69) is 6.92 Å². The van der Waals surface area contributed by atoms with Gasteiger partial charge in [0.05, 0.1) is 6.61 Å². The van der Waals surface area contributed by atoms with E-state index >= 15 is 0 Å². The first-order chi connectivity index (χ1) is 10.6. The van der Waals surface area contributed by atoms with Gasteiger partial charge in [0.2, 0.25) is 11.6 Å². The second-order valence-corrected chi connectivity index (χ2v) is 5.19. The molecule has 0 bridgehead atoms. The molecule has 3 aromatic rings. The minimum absolute atomic E-state index is 0.0625. The van der Waals surface area contributed by atoms with E-state index in [-0.39, 0.29) is 16.9 Å². The minimum atomic E-state index is -0.890. The Morgan fingerprint density at radius 2 is 1.68 bits per heavy atom. The van der Waals surface area contributed by atoms with E-state index in [9.17, 15) is 13.9 Å². The van der Waals surface area contributed by atoms with Gasteiger partial charge in [-0.15, -0.1) is 0 Å². The third-order valence-electron chi connectivity index (χ3n) is 3.64. The SMILES string of the molecule is CCCCCOc1ccc2c(oc3c(F)c(O)ccc32)c1F. The number of hydrogen-bond donors (Lipinski definition) is 1. The fourth-order valence-electron chi connectivity index (χ4n) is 2.46. The smallest absolute Gasteiger partial charge is 0.208 e. The van der Waals surface area contributed by atoms with Crippen molar-refractivity contribution in [2.45, 2.75) is 26.2 Å². The van der Waals surface area contributed by atoms with Gasteiger partial charge in [0.15, 0.2) is 22.7 Å². The van der Waals surface area contributed by atoms with Crippen LogP contribution in [0.3, 0.4) is 0 Å². The van der Waals surface area contributed by atoms with Crippen LogP contribution in [0.1, 0.15) is 26.2 Å². The van der Waals surface area contributed by atoms with Crippen LogP contribution in [0, 0.1) is 11.6 Å². The van der Waals surface area contributed by atoms with Crippen molar-refractivity contribution in [3.05, 3.63) is 35.9 Å².